The first-order valence-corrected chi connectivity index (χ1v) is 8.02. The minimum absolute atomic E-state index is 0.00579. The zero-order valence-electron chi connectivity index (χ0n) is 12.7. The van der Waals surface area contributed by atoms with E-state index in [9.17, 15) is 9.59 Å². The second-order valence-electron chi connectivity index (χ2n) is 5.82. The highest BCUT2D eigenvalue weighted by atomic mass is 35.5. The number of nitrogens with one attached hydrogen (secondary N) is 1. The number of aromatic nitrogens is 2. The minimum atomic E-state index is -0.391. The Labute approximate surface area is 142 Å². The number of benzene rings is 1. The Hall–Kier alpha value is -2.60. The van der Waals surface area contributed by atoms with Crippen molar-refractivity contribution in [2.45, 2.75) is 25.4 Å². The fourth-order valence-electron chi connectivity index (χ4n) is 2.98. The normalized spacial score (nSPS) is 16.8. The molecule has 3 aromatic rings. The fraction of sp³-hybridized carbons (Fsp3) is 0.235. The Morgan fingerprint density at radius 2 is 2.25 bits per heavy atom. The lowest BCUT2D eigenvalue weighted by Gasteiger charge is -2.24. The van der Waals surface area contributed by atoms with Gasteiger partial charge in [0.2, 0.25) is 0 Å². The van der Waals surface area contributed by atoms with Crippen molar-refractivity contribution in [1.82, 2.24) is 14.9 Å². The summed E-state index contributed by atoms with van der Waals surface area (Å²) in [6.07, 6.45) is 5.26. The molecule has 0 aliphatic carbocycles. The average molecular weight is 344 g/mol. The standard InChI is InChI=1S/C17H14ClN3O3/c18-10-1-3-14-12(7-10)13(22)8-15(24-14)17(23)20-11-2-4-16-19-5-6-21(16)9-11/h1,3,5-8,11H,2,4,9H2,(H,20,23). The number of hydrogen-bond acceptors (Lipinski definition) is 4. The first kappa shape index (κ1) is 15.0. The molecule has 7 heteroatoms. The summed E-state index contributed by atoms with van der Waals surface area (Å²) in [5.41, 5.74) is 0.0574. The van der Waals surface area contributed by atoms with Crippen LogP contribution in [0.5, 0.6) is 0 Å². The molecule has 1 N–H and O–H groups in total. The molecule has 2 aromatic heterocycles. The van der Waals surface area contributed by atoms with Gasteiger partial charge in [0.15, 0.2) is 11.2 Å². The summed E-state index contributed by atoms with van der Waals surface area (Å²) in [5.74, 6) is 0.637. The number of aryl methyl sites for hydroxylation is 1. The van der Waals surface area contributed by atoms with Crippen LogP contribution in [0.3, 0.4) is 0 Å². The molecular formula is C17H14ClN3O3. The first-order valence-electron chi connectivity index (χ1n) is 7.64. The molecule has 0 saturated heterocycles. The Morgan fingerprint density at radius 3 is 3.12 bits per heavy atom. The third-order valence-corrected chi connectivity index (χ3v) is 4.42. The van der Waals surface area contributed by atoms with Crippen molar-refractivity contribution in [3.8, 4) is 0 Å². The number of fused-ring (bicyclic) bond motifs is 2. The van der Waals surface area contributed by atoms with E-state index in [1.165, 1.54) is 12.1 Å². The van der Waals surface area contributed by atoms with Gasteiger partial charge in [-0.3, -0.25) is 9.59 Å². The number of imidazole rings is 1. The van der Waals surface area contributed by atoms with Gasteiger partial charge in [-0.25, -0.2) is 4.98 Å². The van der Waals surface area contributed by atoms with Gasteiger partial charge in [-0.05, 0) is 24.6 Å². The maximum atomic E-state index is 12.4. The third kappa shape index (κ3) is 2.69. The first-order chi connectivity index (χ1) is 11.6. The molecule has 122 valence electrons. The lowest BCUT2D eigenvalue weighted by Crippen LogP contribution is -2.41. The summed E-state index contributed by atoms with van der Waals surface area (Å²) in [6.45, 7) is 0.661. The molecule has 1 aromatic carbocycles. The Balaban J connectivity index is 1.58. The van der Waals surface area contributed by atoms with Crippen LogP contribution in [0.4, 0.5) is 0 Å². The van der Waals surface area contributed by atoms with Crippen molar-refractivity contribution >= 4 is 28.5 Å². The predicted molar refractivity (Wildman–Crippen MR) is 89.3 cm³/mol. The Kier molecular flexibility index (Phi) is 3.61. The molecule has 1 atom stereocenters. The van der Waals surface area contributed by atoms with Crippen LogP contribution in [-0.4, -0.2) is 21.5 Å². The maximum absolute atomic E-state index is 12.4. The zero-order chi connectivity index (χ0) is 16.7. The summed E-state index contributed by atoms with van der Waals surface area (Å²) < 4.78 is 7.59. The van der Waals surface area contributed by atoms with E-state index in [0.29, 0.717) is 22.5 Å². The van der Waals surface area contributed by atoms with Crippen molar-refractivity contribution in [1.29, 1.82) is 0 Å². The largest absolute Gasteiger partial charge is 0.451 e. The SMILES string of the molecule is O=C(NC1CCc2nccn2C1)c1cc(=O)c2cc(Cl)ccc2o1. The predicted octanol–water partition coefficient (Wildman–Crippen LogP) is 2.39. The van der Waals surface area contributed by atoms with E-state index in [2.05, 4.69) is 10.3 Å². The van der Waals surface area contributed by atoms with Crippen molar-refractivity contribution in [3.63, 3.8) is 0 Å². The van der Waals surface area contributed by atoms with Gasteiger partial charge in [-0.15, -0.1) is 0 Å². The lowest BCUT2D eigenvalue weighted by atomic mass is 10.1. The lowest BCUT2D eigenvalue weighted by molar-refractivity contribution is 0.0900. The quantitative estimate of drug-likeness (QED) is 0.775. The molecule has 1 aliphatic rings. The van der Waals surface area contributed by atoms with Crippen LogP contribution < -0.4 is 10.7 Å². The van der Waals surface area contributed by atoms with Crippen LogP contribution in [0.1, 0.15) is 22.8 Å². The Morgan fingerprint density at radius 1 is 1.38 bits per heavy atom. The molecule has 1 amide bonds. The number of halogens is 1. The number of carbonyl (C=O) groups excluding carboxylic acids is 1. The summed E-state index contributed by atoms with van der Waals surface area (Å²) in [7, 11) is 0. The molecule has 6 nitrogen and oxygen atoms in total. The second-order valence-corrected chi connectivity index (χ2v) is 6.26. The molecule has 24 heavy (non-hydrogen) atoms. The van der Waals surface area contributed by atoms with E-state index >= 15 is 0 Å². The molecule has 0 fully saturated rings. The van der Waals surface area contributed by atoms with Crippen LogP contribution in [0.2, 0.25) is 5.02 Å². The molecule has 0 bridgehead atoms. The highest BCUT2D eigenvalue weighted by Crippen LogP contribution is 2.18. The molecule has 0 radical (unpaired) electrons. The number of rotatable bonds is 2. The van der Waals surface area contributed by atoms with Crippen LogP contribution >= 0.6 is 11.6 Å². The van der Waals surface area contributed by atoms with Gasteiger partial charge in [0, 0.05) is 42.5 Å². The van der Waals surface area contributed by atoms with Gasteiger partial charge in [0.1, 0.15) is 11.4 Å². The van der Waals surface area contributed by atoms with Crippen LogP contribution in [0.25, 0.3) is 11.0 Å². The molecular weight excluding hydrogens is 330 g/mol. The van der Waals surface area contributed by atoms with E-state index < -0.39 is 5.91 Å². The monoisotopic (exact) mass is 343 g/mol. The van der Waals surface area contributed by atoms with Crippen LogP contribution in [0.15, 0.2) is 45.9 Å². The highest BCUT2D eigenvalue weighted by Gasteiger charge is 2.22. The maximum Gasteiger partial charge on any atom is 0.287 e. The van der Waals surface area contributed by atoms with E-state index in [0.717, 1.165) is 18.7 Å². The highest BCUT2D eigenvalue weighted by molar-refractivity contribution is 6.31. The van der Waals surface area contributed by atoms with E-state index in [1.54, 1.807) is 18.3 Å². The molecule has 0 spiro atoms. The summed E-state index contributed by atoms with van der Waals surface area (Å²) in [5, 5.41) is 3.73. The van der Waals surface area contributed by atoms with Crippen molar-refractivity contribution in [2.75, 3.05) is 0 Å². The molecule has 4 rings (SSSR count). The van der Waals surface area contributed by atoms with Crippen molar-refractivity contribution in [2.24, 2.45) is 0 Å². The Bertz CT molecular complexity index is 992. The van der Waals surface area contributed by atoms with Crippen LogP contribution in [0, 0.1) is 0 Å². The zero-order valence-corrected chi connectivity index (χ0v) is 13.4. The van der Waals surface area contributed by atoms with Crippen molar-refractivity contribution in [3.05, 3.63) is 63.5 Å². The molecule has 1 aliphatic heterocycles. The smallest absolute Gasteiger partial charge is 0.287 e. The number of carbonyl (C=O) groups is 1. The van der Waals surface area contributed by atoms with Gasteiger partial charge in [-0.1, -0.05) is 11.6 Å². The summed E-state index contributed by atoms with van der Waals surface area (Å²) >= 11 is 5.89. The molecule has 1 unspecified atom stereocenters. The van der Waals surface area contributed by atoms with Gasteiger partial charge in [0.05, 0.1) is 5.39 Å². The molecule has 3 heterocycles. The minimum Gasteiger partial charge on any atom is -0.451 e. The topological polar surface area (TPSA) is 77.1 Å². The third-order valence-electron chi connectivity index (χ3n) is 4.18. The van der Waals surface area contributed by atoms with Gasteiger partial charge < -0.3 is 14.3 Å². The van der Waals surface area contributed by atoms with E-state index in [1.807, 2.05) is 10.8 Å². The average Bonchev–Trinajstić information content (AvgIpc) is 3.03. The van der Waals surface area contributed by atoms with Crippen molar-refractivity contribution < 1.29 is 9.21 Å². The second kappa shape index (κ2) is 5.79. The summed E-state index contributed by atoms with van der Waals surface area (Å²) in [6, 6.07) is 5.93. The van der Waals surface area contributed by atoms with Gasteiger partial charge in [-0.2, -0.15) is 0 Å². The number of hydrogen-bond donors (Lipinski definition) is 1. The molecule has 0 saturated carbocycles. The van der Waals surface area contributed by atoms with E-state index in [4.69, 9.17) is 16.0 Å². The van der Waals surface area contributed by atoms with Gasteiger partial charge in [0.25, 0.3) is 5.91 Å². The fourth-order valence-corrected chi connectivity index (χ4v) is 3.15. The number of amides is 1. The van der Waals surface area contributed by atoms with E-state index in [-0.39, 0.29) is 17.2 Å². The number of nitrogens with zero attached hydrogens (tertiary/aromatic N) is 2. The van der Waals surface area contributed by atoms with Gasteiger partial charge >= 0.3 is 0 Å². The van der Waals surface area contributed by atoms with Crippen LogP contribution in [-0.2, 0) is 13.0 Å². The summed E-state index contributed by atoms with van der Waals surface area (Å²) in [4.78, 5) is 28.9.